The fourth-order valence-electron chi connectivity index (χ4n) is 3.09. The van der Waals surface area contributed by atoms with E-state index in [0.717, 1.165) is 40.2 Å². The van der Waals surface area contributed by atoms with Crippen LogP contribution in [0.3, 0.4) is 0 Å². The molecule has 0 amide bonds. The van der Waals surface area contributed by atoms with Crippen molar-refractivity contribution in [2.75, 3.05) is 0 Å². The van der Waals surface area contributed by atoms with Gasteiger partial charge in [-0.2, -0.15) is 9.61 Å². The Morgan fingerprint density at radius 2 is 1.77 bits per heavy atom. The maximum Gasteiger partial charge on any atom is 0.235 e. The van der Waals surface area contributed by atoms with Crippen molar-refractivity contribution < 1.29 is 4.42 Å². The van der Waals surface area contributed by atoms with Gasteiger partial charge in [0.05, 0.1) is 0 Å². The minimum Gasteiger partial charge on any atom is -0.453 e. The van der Waals surface area contributed by atoms with E-state index in [-0.39, 0.29) is 0 Å². The van der Waals surface area contributed by atoms with Crippen LogP contribution >= 0.6 is 11.3 Å². The summed E-state index contributed by atoms with van der Waals surface area (Å²) < 4.78 is 7.70. The minimum atomic E-state index is 0.654. The molecule has 0 saturated heterocycles. The Bertz CT molecular complexity index is 1140. The Hall–Kier alpha value is -2.99. The number of para-hydroxylation sites is 1. The van der Waals surface area contributed by atoms with Gasteiger partial charge in [-0.05, 0) is 30.5 Å². The van der Waals surface area contributed by atoms with Gasteiger partial charge in [-0.3, -0.25) is 0 Å². The number of aromatic nitrogens is 4. The SMILES string of the molecule is c1ccc(CCCc2nn3c(-c4cc5ccccc5o4)nnc3s2)cc1. The van der Waals surface area contributed by atoms with Gasteiger partial charge < -0.3 is 4.42 Å². The van der Waals surface area contributed by atoms with Crippen LogP contribution in [0.25, 0.3) is 27.5 Å². The van der Waals surface area contributed by atoms with Crippen LogP contribution in [0, 0.1) is 0 Å². The molecule has 3 aromatic heterocycles. The van der Waals surface area contributed by atoms with E-state index in [1.165, 1.54) is 5.56 Å². The zero-order chi connectivity index (χ0) is 17.3. The van der Waals surface area contributed by atoms with E-state index in [4.69, 9.17) is 9.52 Å². The quantitative estimate of drug-likeness (QED) is 0.453. The molecular formula is C20H16N4OS. The lowest BCUT2D eigenvalue weighted by Crippen LogP contribution is -1.93. The third-order valence-corrected chi connectivity index (χ3v) is 5.34. The van der Waals surface area contributed by atoms with Gasteiger partial charge in [0.25, 0.3) is 0 Å². The highest BCUT2D eigenvalue weighted by atomic mass is 32.1. The highest BCUT2D eigenvalue weighted by molar-refractivity contribution is 7.16. The molecule has 5 nitrogen and oxygen atoms in total. The van der Waals surface area contributed by atoms with Crippen LogP contribution in [0.1, 0.15) is 17.0 Å². The summed E-state index contributed by atoms with van der Waals surface area (Å²) in [6.45, 7) is 0. The average Bonchev–Trinajstić information content (AvgIpc) is 3.35. The van der Waals surface area contributed by atoms with Gasteiger partial charge in [-0.15, -0.1) is 10.2 Å². The van der Waals surface area contributed by atoms with Crippen LogP contribution in [0.5, 0.6) is 0 Å². The first-order valence-corrected chi connectivity index (χ1v) is 9.42. The standard InChI is InChI=1S/C20H16N4OS/c1-2-7-14(8-3-1)9-6-12-18-23-24-19(21-22-20(24)26-18)17-13-15-10-4-5-11-16(15)25-17/h1-5,7-8,10-11,13H,6,9,12H2. The Kier molecular flexibility index (Phi) is 3.75. The molecule has 0 aliphatic heterocycles. The zero-order valence-corrected chi connectivity index (χ0v) is 14.8. The second-order valence-electron chi connectivity index (χ2n) is 6.20. The van der Waals surface area contributed by atoms with Gasteiger partial charge in [-0.1, -0.05) is 59.9 Å². The molecule has 0 unspecified atom stereocenters. The van der Waals surface area contributed by atoms with Crippen LogP contribution < -0.4 is 0 Å². The second-order valence-corrected chi connectivity index (χ2v) is 7.24. The molecule has 0 radical (unpaired) electrons. The second kappa shape index (κ2) is 6.38. The molecule has 0 aliphatic carbocycles. The van der Waals surface area contributed by atoms with E-state index in [1.54, 1.807) is 15.9 Å². The summed E-state index contributed by atoms with van der Waals surface area (Å²) in [6, 6.07) is 20.5. The number of fused-ring (bicyclic) bond motifs is 2. The van der Waals surface area contributed by atoms with Crippen LogP contribution in [0.15, 0.2) is 65.1 Å². The van der Waals surface area contributed by atoms with E-state index in [9.17, 15) is 0 Å². The normalized spacial score (nSPS) is 11.5. The molecule has 0 spiro atoms. The summed E-state index contributed by atoms with van der Waals surface area (Å²) in [5, 5.41) is 15.3. The third kappa shape index (κ3) is 2.78. The topological polar surface area (TPSA) is 56.2 Å². The number of rotatable bonds is 5. The predicted octanol–water partition coefficient (Wildman–Crippen LogP) is 4.77. The van der Waals surface area contributed by atoms with Crippen molar-refractivity contribution in [3.8, 4) is 11.6 Å². The van der Waals surface area contributed by atoms with Crippen LogP contribution in [0.4, 0.5) is 0 Å². The lowest BCUT2D eigenvalue weighted by Gasteiger charge is -1.98. The summed E-state index contributed by atoms with van der Waals surface area (Å²) in [7, 11) is 0. The Balaban J connectivity index is 1.38. The lowest BCUT2D eigenvalue weighted by atomic mass is 10.1. The number of furan rings is 1. The number of hydrogen-bond donors (Lipinski definition) is 0. The summed E-state index contributed by atoms with van der Waals surface area (Å²) in [4.78, 5) is 0.801. The van der Waals surface area contributed by atoms with E-state index in [0.29, 0.717) is 11.6 Å². The molecule has 0 N–H and O–H groups in total. The smallest absolute Gasteiger partial charge is 0.235 e. The fourth-order valence-corrected chi connectivity index (χ4v) is 3.97. The Morgan fingerprint density at radius 3 is 2.65 bits per heavy atom. The maximum absolute atomic E-state index is 5.91. The maximum atomic E-state index is 5.91. The highest BCUT2D eigenvalue weighted by Crippen LogP contribution is 2.28. The molecule has 0 saturated carbocycles. The molecule has 2 aromatic carbocycles. The largest absolute Gasteiger partial charge is 0.453 e. The fraction of sp³-hybridized carbons (Fsp3) is 0.150. The van der Waals surface area contributed by atoms with Crippen LogP contribution in [0.2, 0.25) is 0 Å². The van der Waals surface area contributed by atoms with Gasteiger partial charge in [0.15, 0.2) is 5.76 Å². The molecule has 5 aromatic rings. The highest BCUT2D eigenvalue weighted by Gasteiger charge is 2.16. The number of benzene rings is 2. The number of nitrogens with zero attached hydrogens (tertiary/aromatic N) is 4. The molecular weight excluding hydrogens is 344 g/mol. The Labute approximate surface area is 153 Å². The van der Waals surface area contributed by atoms with Crippen molar-refractivity contribution in [3.05, 3.63) is 71.2 Å². The molecule has 3 heterocycles. The molecule has 128 valence electrons. The molecule has 5 rings (SSSR count). The summed E-state index contributed by atoms with van der Waals surface area (Å²) in [5.74, 6) is 1.35. The number of hydrogen-bond acceptors (Lipinski definition) is 5. The van der Waals surface area contributed by atoms with Crippen molar-refractivity contribution in [1.29, 1.82) is 0 Å². The molecule has 0 aliphatic rings. The van der Waals surface area contributed by atoms with Crippen molar-refractivity contribution >= 4 is 27.3 Å². The summed E-state index contributed by atoms with van der Waals surface area (Å²) in [5.41, 5.74) is 2.20. The summed E-state index contributed by atoms with van der Waals surface area (Å²) >= 11 is 1.59. The molecule has 0 fully saturated rings. The van der Waals surface area contributed by atoms with Gasteiger partial charge >= 0.3 is 0 Å². The van der Waals surface area contributed by atoms with Crippen LogP contribution in [-0.4, -0.2) is 19.8 Å². The van der Waals surface area contributed by atoms with E-state index in [2.05, 4.69) is 34.5 Å². The first-order chi connectivity index (χ1) is 12.9. The molecule has 26 heavy (non-hydrogen) atoms. The number of aryl methyl sites for hydroxylation is 2. The van der Waals surface area contributed by atoms with Crippen molar-refractivity contribution in [2.45, 2.75) is 19.3 Å². The van der Waals surface area contributed by atoms with Crippen LogP contribution in [-0.2, 0) is 12.8 Å². The van der Waals surface area contributed by atoms with Crippen molar-refractivity contribution in [3.63, 3.8) is 0 Å². The van der Waals surface area contributed by atoms with Gasteiger partial charge in [0, 0.05) is 11.8 Å². The average molecular weight is 360 g/mol. The minimum absolute atomic E-state index is 0.654. The molecule has 6 heteroatoms. The van der Waals surface area contributed by atoms with Crippen molar-refractivity contribution in [2.24, 2.45) is 0 Å². The first kappa shape index (κ1) is 15.3. The lowest BCUT2D eigenvalue weighted by molar-refractivity contribution is 0.621. The zero-order valence-electron chi connectivity index (χ0n) is 14.0. The van der Waals surface area contributed by atoms with E-state index >= 15 is 0 Å². The van der Waals surface area contributed by atoms with E-state index in [1.807, 2.05) is 36.4 Å². The summed E-state index contributed by atoms with van der Waals surface area (Å²) in [6.07, 6.45) is 3.05. The molecule has 0 bridgehead atoms. The van der Waals surface area contributed by atoms with E-state index < -0.39 is 0 Å². The third-order valence-electron chi connectivity index (χ3n) is 4.38. The molecule has 0 atom stereocenters. The first-order valence-electron chi connectivity index (χ1n) is 8.61. The van der Waals surface area contributed by atoms with Crippen molar-refractivity contribution in [1.82, 2.24) is 19.8 Å². The van der Waals surface area contributed by atoms with Gasteiger partial charge in [0.1, 0.15) is 10.6 Å². The van der Waals surface area contributed by atoms with Gasteiger partial charge in [-0.25, -0.2) is 0 Å². The monoisotopic (exact) mass is 360 g/mol. The predicted molar refractivity (Wildman–Crippen MR) is 102 cm³/mol. The Morgan fingerprint density at radius 1 is 0.923 bits per heavy atom. The van der Waals surface area contributed by atoms with Gasteiger partial charge in [0.2, 0.25) is 10.8 Å².